The average molecular weight is 440 g/mol. The molecule has 2 aromatic carbocycles. The second-order valence-corrected chi connectivity index (χ2v) is 10.3. The van der Waals surface area contributed by atoms with Crippen LogP contribution >= 0.6 is 0 Å². The van der Waals surface area contributed by atoms with Gasteiger partial charge in [-0.1, -0.05) is 12.8 Å². The number of benzene rings is 2. The van der Waals surface area contributed by atoms with Crippen LogP contribution in [0.2, 0.25) is 0 Å². The van der Waals surface area contributed by atoms with E-state index in [2.05, 4.69) is 4.72 Å². The van der Waals surface area contributed by atoms with Crippen LogP contribution in [0.5, 0.6) is 0 Å². The van der Waals surface area contributed by atoms with Crippen LogP contribution in [-0.4, -0.2) is 39.2 Å². The minimum Gasteiger partial charge on any atom is -0.280 e. The molecule has 0 bridgehead atoms. The Hall–Kier alpha value is -2.50. The molecule has 1 heterocycles. The summed E-state index contributed by atoms with van der Waals surface area (Å²) >= 11 is 0. The lowest BCUT2D eigenvalue weighted by Gasteiger charge is -2.20. The maximum absolute atomic E-state index is 12.8. The third kappa shape index (κ3) is 4.92. The van der Waals surface area contributed by atoms with E-state index >= 15 is 0 Å². The largest absolute Gasteiger partial charge is 0.280 e. The maximum atomic E-state index is 12.8. The van der Waals surface area contributed by atoms with Crippen molar-refractivity contribution in [3.8, 4) is 0 Å². The maximum Gasteiger partial charge on any atom is 0.269 e. The summed E-state index contributed by atoms with van der Waals surface area (Å²) < 4.78 is 54.3. The Labute approximate surface area is 169 Å². The molecular weight excluding hydrogens is 418 g/mol. The van der Waals surface area contributed by atoms with Gasteiger partial charge < -0.3 is 0 Å². The van der Waals surface area contributed by atoms with Crippen LogP contribution in [-0.2, 0) is 20.0 Å². The lowest BCUT2D eigenvalue weighted by molar-refractivity contribution is -0.384. The van der Waals surface area contributed by atoms with Crippen molar-refractivity contribution in [3.63, 3.8) is 0 Å². The quantitative estimate of drug-likeness (QED) is 0.545. The molecule has 156 valence electrons. The topological polar surface area (TPSA) is 127 Å². The monoisotopic (exact) mass is 439 g/mol. The third-order valence-corrected chi connectivity index (χ3v) is 7.98. The standard InChI is InChI=1S/C18H21N3O6S2/c22-21(23)16-7-11-17(12-8-16)28(24,25)19-15-5-9-18(10-6-15)29(26,27)20-13-3-1-2-4-14-20/h5-12,19H,1-4,13-14H2. The first-order valence-electron chi connectivity index (χ1n) is 9.08. The number of nitrogens with zero attached hydrogens (tertiary/aromatic N) is 2. The lowest BCUT2D eigenvalue weighted by Crippen LogP contribution is -2.31. The van der Waals surface area contributed by atoms with Crippen LogP contribution in [0.3, 0.4) is 0 Å². The van der Waals surface area contributed by atoms with Crippen molar-refractivity contribution < 1.29 is 21.8 Å². The lowest BCUT2D eigenvalue weighted by atomic mass is 10.2. The first-order valence-corrected chi connectivity index (χ1v) is 12.0. The van der Waals surface area contributed by atoms with Crippen LogP contribution in [0.15, 0.2) is 58.3 Å². The highest BCUT2D eigenvalue weighted by Crippen LogP contribution is 2.23. The Balaban J connectivity index is 1.76. The fourth-order valence-corrected chi connectivity index (χ4v) is 5.66. The van der Waals surface area contributed by atoms with E-state index < -0.39 is 25.0 Å². The van der Waals surface area contributed by atoms with Gasteiger partial charge in [0.25, 0.3) is 15.7 Å². The second kappa shape index (κ2) is 8.47. The summed E-state index contributed by atoms with van der Waals surface area (Å²) in [5, 5.41) is 10.7. The molecule has 1 fully saturated rings. The first kappa shape index (κ1) is 21.2. The van der Waals surface area contributed by atoms with Gasteiger partial charge in [-0.25, -0.2) is 16.8 Å². The molecular formula is C18H21N3O6S2. The number of nitro groups is 1. The molecule has 0 amide bonds. The molecule has 0 unspecified atom stereocenters. The van der Waals surface area contributed by atoms with Crippen LogP contribution in [0, 0.1) is 10.1 Å². The number of sulfonamides is 2. The van der Waals surface area contributed by atoms with Crippen LogP contribution < -0.4 is 4.72 Å². The minimum atomic E-state index is -3.96. The van der Waals surface area contributed by atoms with Crippen LogP contribution in [0.25, 0.3) is 0 Å². The van der Waals surface area contributed by atoms with Gasteiger partial charge in [0.05, 0.1) is 14.7 Å². The summed E-state index contributed by atoms with van der Waals surface area (Å²) in [7, 11) is -7.58. The van der Waals surface area contributed by atoms with Crippen molar-refractivity contribution in [1.82, 2.24) is 4.31 Å². The van der Waals surface area contributed by atoms with Crippen molar-refractivity contribution in [2.45, 2.75) is 35.5 Å². The molecule has 0 radical (unpaired) electrons. The predicted octanol–water partition coefficient (Wildman–Crippen LogP) is 2.96. The average Bonchev–Trinajstić information content (AvgIpc) is 2.98. The summed E-state index contributed by atoms with van der Waals surface area (Å²) in [4.78, 5) is 10.0. The summed E-state index contributed by atoms with van der Waals surface area (Å²) in [6.07, 6.45) is 3.67. The van der Waals surface area contributed by atoms with E-state index in [0.717, 1.165) is 49.9 Å². The van der Waals surface area contributed by atoms with Gasteiger partial charge in [-0.3, -0.25) is 14.8 Å². The van der Waals surface area contributed by atoms with Crippen molar-refractivity contribution in [1.29, 1.82) is 0 Å². The summed E-state index contributed by atoms with van der Waals surface area (Å²) in [5.41, 5.74) is -0.0230. The molecule has 0 aromatic heterocycles. The summed E-state index contributed by atoms with van der Waals surface area (Å²) in [6, 6.07) is 9.98. The van der Waals surface area contributed by atoms with Gasteiger partial charge >= 0.3 is 0 Å². The highest BCUT2D eigenvalue weighted by atomic mass is 32.2. The van der Waals surface area contributed by atoms with Gasteiger partial charge in [-0.05, 0) is 49.2 Å². The molecule has 0 spiro atoms. The van der Waals surface area contributed by atoms with Crippen LogP contribution in [0.1, 0.15) is 25.7 Å². The zero-order valence-corrected chi connectivity index (χ0v) is 17.2. The Morgan fingerprint density at radius 1 is 0.793 bits per heavy atom. The van der Waals surface area contributed by atoms with E-state index in [9.17, 15) is 26.9 Å². The van der Waals surface area contributed by atoms with E-state index in [0.29, 0.717) is 13.1 Å². The van der Waals surface area contributed by atoms with E-state index in [1.807, 2.05) is 0 Å². The normalized spacial score (nSPS) is 16.1. The van der Waals surface area contributed by atoms with Crippen molar-refractivity contribution in [3.05, 3.63) is 58.6 Å². The molecule has 1 aliphatic heterocycles. The summed E-state index contributed by atoms with van der Waals surface area (Å²) in [5.74, 6) is 0. The molecule has 0 aliphatic carbocycles. The van der Waals surface area contributed by atoms with Gasteiger partial charge in [0.1, 0.15) is 0 Å². The predicted molar refractivity (Wildman–Crippen MR) is 108 cm³/mol. The molecule has 9 nitrogen and oxygen atoms in total. The highest BCUT2D eigenvalue weighted by Gasteiger charge is 2.25. The van der Waals surface area contributed by atoms with Crippen molar-refractivity contribution >= 4 is 31.4 Å². The number of non-ortho nitro benzene ring substituents is 1. The van der Waals surface area contributed by atoms with E-state index in [1.54, 1.807) is 0 Å². The highest BCUT2D eigenvalue weighted by molar-refractivity contribution is 7.92. The fourth-order valence-electron chi connectivity index (χ4n) is 3.09. The molecule has 3 rings (SSSR count). The Bertz CT molecular complexity index is 1070. The van der Waals surface area contributed by atoms with E-state index in [-0.39, 0.29) is 21.2 Å². The van der Waals surface area contributed by atoms with E-state index in [1.165, 1.54) is 28.6 Å². The molecule has 1 N–H and O–H groups in total. The van der Waals surface area contributed by atoms with E-state index in [4.69, 9.17) is 0 Å². The second-order valence-electron chi connectivity index (χ2n) is 6.70. The van der Waals surface area contributed by atoms with Gasteiger partial charge in [-0.2, -0.15) is 4.31 Å². The van der Waals surface area contributed by atoms with Gasteiger partial charge in [0.2, 0.25) is 10.0 Å². The molecule has 29 heavy (non-hydrogen) atoms. The summed E-state index contributed by atoms with van der Waals surface area (Å²) in [6.45, 7) is 0.966. The minimum absolute atomic E-state index is 0.109. The molecule has 1 saturated heterocycles. The molecule has 2 aromatic rings. The van der Waals surface area contributed by atoms with Crippen LogP contribution in [0.4, 0.5) is 11.4 Å². The number of anilines is 1. The first-order chi connectivity index (χ1) is 13.7. The zero-order valence-electron chi connectivity index (χ0n) is 15.5. The zero-order chi connectivity index (χ0) is 21.1. The fraction of sp³-hybridized carbons (Fsp3) is 0.333. The third-order valence-electron chi connectivity index (χ3n) is 4.67. The van der Waals surface area contributed by atoms with Crippen molar-refractivity contribution in [2.75, 3.05) is 17.8 Å². The molecule has 11 heteroatoms. The van der Waals surface area contributed by atoms with Crippen molar-refractivity contribution in [2.24, 2.45) is 0 Å². The molecule has 0 saturated carbocycles. The Kier molecular flexibility index (Phi) is 6.20. The smallest absolute Gasteiger partial charge is 0.269 e. The van der Waals surface area contributed by atoms with Gasteiger partial charge in [0.15, 0.2) is 0 Å². The Morgan fingerprint density at radius 3 is 1.83 bits per heavy atom. The Morgan fingerprint density at radius 2 is 1.31 bits per heavy atom. The molecule has 1 aliphatic rings. The number of nitrogens with one attached hydrogen (secondary N) is 1. The molecule has 0 atom stereocenters. The number of hydrogen-bond acceptors (Lipinski definition) is 6. The SMILES string of the molecule is O=[N+]([O-])c1ccc(S(=O)(=O)Nc2ccc(S(=O)(=O)N3CCCCCC3)cc2)cc1. The van der Waals surface area contributed by atoms with Gasteiger partial charge in [0, 0.05) is 30.9 Å². The number of nitro benzene ring substituents is 1. The van der Waals surface area contributed by atoms with Gasteiger partial charge in [-0.15, -0.1) is 0 Å². The number of hydrogen-bond donors (Lipinski definition) is 1. The number of rotatable bonds is 6.